The molecule has 0 atom stereocenters. The van der Waals surface area contributed by atoms with Gasteiger partial charge in [0.05, 0.1) is 17.2 Å². The van der Waals surface area contributed by atoms with E-state index < -0.39 is 5.91 Å². The van der Waals surface area contributed by atoms with Gasteiger partial charge in [0.25, 0.3) is 5.91 Å². The summed E-state index contributed by atoms with van der Waals surface area (Å²) < 4.78 is 0. The van der Waals surface area contributed by atoms with Crippen molar-refractivity contribution in [3.8, 4) is 6.07 Å². The molecule has 1 aromatic carbocycles. The number of nitrogens with two attached hydrogens (primary N) is 1. The van der Waals surface area contributed by atoms with Gasteiger partial charge in [0.1, 0.15) is 5.03 Å². The second-order valence-electron chi connectivity index (χ2n) is 5.05. The van der Waals surface area contributed by atoms with Crippen LogP contribution in [0.4, 0.5) is 0 Å². The van der Waals surface area contributed by atoms with Crippen molar-refractivity contribution < 1.29 is 4.79 Å². The van der Waals surface area contributed by atoms with E-state index in [-0.39, 0.29) is 0 Å². The van der Waals surface area contributed by atoms with Crippen LogP contribution in [0.1, 0.15) is 38.3 Å². The number of rotatable bonds is 4. The number of benzene rings is 1. The zero-order valence-electron chi connectivity index (χ0n) is 12.8. The van der Waals surface area contributed by atoms with Crippen LogP contribution >= 0.6 is 11.8 Å². The number of hydrogen-bond acceptors (Lipinski definition) is 4. The maximum atomic E-state index is 11.8. The molecule has 5 heteroatoms. The molecule has 0 aliphatic carbocycles. The maximum Gasteiger partial charge on any atom is 0.251 e. The van der Waals surface area contributed by atoms with Gasteiger partial charge in [-0.15, -0.1) is 11.8 Å². The minimum Gasteiger partial charge on any atom is -0.366 e. The summed E-state index contributed by atoms with van der Waals surface area (Å²) in [6.07, 6.45) is 0. The Kier molecular flexibility index (Phi) is 4.84. The van der Waals surface area contributed by atoms with Crippen molar-refractivity contribution in [2.45, 2.75) is 31.6 Å². The fourth-order valence-electron chi connectivity index (χ4n) is 2.21. The second-order valence-corrected chi connectivity index (χ2v) is 6.01. The molecule has 1 aromatic heterocycles. The highest BCUT2D eigenvalue weighted by molar-refractivity contribution is 7.98. The summed E-state index contributed by atoms with van der Waals surface area (Å²) in [6.45, 7) is 5.74. The summed E-state index contributed by atoms with van der Waals surface area (Å²) in [5, 5.41) is 9.76. The van der Waals surface area contributed by atoms with E-state index in [2.05, 4.69) is 11.1 Å². The number of nitriles is 1. The number of aromatic nitrogens is 1. The quantitative estimate of drug-likeness (QED) is 0.879. The van der Waals surface area contributed by atoms with E-state index in [0.29, 0.717) is 21.9 Å². The fourth-order valence-corrected chi connectivity index (χ4v) is 3.35. The molecule has 0 spiro atoms. The van der Waals surface area contributed by atoms with Crippen molar-refractivity contribution in [1.29, 1.82) is 5.26 Å². The van der Waals surface area contributed by atoms with Gasteiger partial charge in [-0.3, -0.25) is 4.79 Å². The van der Waals surface area contributed by atoms with E-state index in [9.17, 15) is 4.79 Å². The number of nitrogens with zero attached hydrogens (tertiary/aromatic N) is 2. The largest absolute Gasteiger partial charge is 0.366 e. The molecule has 1 heterocycles. The first-order chi connectivity index (χ1) is 10.5. The van der Waals surface area contributed by atoms with E-state index in [4.69, 9.17) is 11.0 Å². The number of carbonyl (C=O) groups excluding carboxylic acids is 1. The van der Waals surface area contributed by atoms with Gasteiger partial charge in [-0.25, -0.2) is 4.98 Å². The Morgan fingerprint density at radius 2 is 1.95 bits per heavy atom. The van der Waals surface area contributed by atoms with E-state index in [0.717, 1.165) is 22.4 Å². The molecular weight excluding hydrogens is 294 g/mol. The van der Waals surface area contributed by atoms with Gasteiger partial charge in [-0.1, -0.05) is 18.2 Å². The van der Waals surface area contributed by atoms with Crippen molar-refractivity contribution in [2.75, 3.05) is 0 Å². The Labute approximate surface area is 134 Å². The molecule has 0 fully saturated rings. The predicted molar refractivity (Wildman–Crippen MR) is 87.7 cm³/mol. The van der Waals surface area contributed by atoms with Gasteiger partial charge < -0.3 is 5.73 Å². The zero-order valence-corrected chi connectivity index (χ0v) is 13.6. The van der Waals surface area contributed by atoms with Gasteiger partial charge in [0.2, 0.25) is 0 Å². The molecule has 1 amide bonds. The zero-order chi connectivity index (χ0) is 16.3. The van der Waals surface area contributed by atoms with Crippen molar-refractivity contribution in [1.82, 2.24) is 4.98 Å². The topological polar surface area (TPSA) is 79.8 Å². The Hall–Kier alpha value is -2.32. The Bertz CT molecular complexity index is 778. The number of thioether (sulfide) groups is 1. The number of amides is 1. The van der Waals surface area contributed by atoms with Gasteiger partial charge in [-0.05, 0) is 43.5 Å². The molecule has 2 aromatic rings. The Morgan fingerprint density at radius 3 is 2.59 bits per heavy atom. The van der Waals surface area contributed by atoms with Crippen LogP contribution in [0.15, 0.2) is 29.3 Å². The molecule has 22 heavy (non-hydrogen) atoms. The number of hydrogen-bond donors (Lipinski definition) is 1. The highest BCUT2D eigenvalue weighted by Crippen LogP contribution is 2.29. The molecule has 0 radical (unpaired) electrons. The van der Waals surface area contributed by atoms with Crippen molar-refractivity contribution in [3.05, 3.63) is 57.8 Å². The minimum absolute atomic E-state index is 0.468. The number of aryl methyl sites for hydroxylation is 1. The lowest BCUT2D eigenvalue weighted by molar-refractivity contribution is 0.0996. The maximum absolute atomic E-state index is 11.8. The van der Waals surface area contributed by atoms with Crippen LogP contribution in [0.25, 0.3) is 0 Å². The van der Waals surface area contributed by atoms with Gasteiger partial charge in [0, 0.05) is 11.4 Å². The number of primary amides is 1. The Balaban J connectivity index is 2.38. The summed E-state index contributed by atoms with van der Waals surface area (Å²) >= 11 is 1.43. The normalized spacial score (nSPS) is 10.3. The Morgan fingerprint density at radius 1 is 1.27 bits per heavy atom. The summed E-state index contributed by atoms with van der Waals surface area (Å²) in [6, 6.07) is 9.59. The molecule has 0 unspecified atom stereocenters. The van der Waals surface area contributed by atoms with Gasteiger partial charge >= 0.3 is 0 Å². The first kappa shape index (κ1) is 16.1. The summed E-state index contributed by atoms with van der Waals surface area (Å²) in [5.41, 5.74) is 10.3. The van der Waals surface area contributed by atoms with Gasteiger partial charge in [-0.2, -0.15) is 5.26 Å². The third-order valence-electron chi connectivity index (χ3n) is 3.71. The third-order valence-corrected chi connectivity index (χ3v) is 4.74. The van der Waals surface area contributed by atoms with Gasteiger partial charge in [0.15, 0.2) is 0 Å². The van der Waals surface area contributed by atoms with Crippen molar-refractivity contribution >= 4 is 17.7 Å². The molecule has 0 aliphatic heterocycles. The first-order valence-corrected chi connectivity index (χ1v) is 7.82. The molecule has 112 valence electrons. The number of carbonyl (C=O) groups is 1. The van der Waals surface area contributed by atoms with Crippen LogP contribution in [-0.4, -0.2) is 10.9 Å². The average molecular weight is 311 g/mol. The lowest BCUT2D eigenvalue weighted by atomic mass is 10.0. The van der Waals surface area contributed by atoms with Crippen LogP contribution in [0.3, 0.4) is 0 Å². The molecule has 4 nitrogen and oxygen atoms in total. The van der Waals surface area contributed by atoms with E-state index in [1.54, 1.807) is 6.07 Å². The molecule has 2 rings (SSSR count). The van der Waals surface area contributed by atoms with E-state index >= 15 is 0 Å². The summed E-state index contributed by atoms with van der Waals surface area (Å²) in [4.78, 5) is 16.3. The summed E-state index contributed by atoms with van der Waals surface area (Å²) in [7, 11) is 0. The first-order valence-electron chi connectivity index (χ1n) is 6.84. The molecular formula is C17H17N3OS. The van der Waals surface area contributed by atoms with Crippen LogP contribution in [0.2, 0.25) is 0 Å². The van der Waals surface area contributed by atoms with E-state index in [1.807, 2.05) is 39.0 Å². The standard InChI is InChI=1S/C17H17N3OS/c1-10-11(2)15(16(19)21)17(20-12(10)3)22-9-14-7-5-4-6-13(14)8-18/h4-7H,9H2,1-3H3,(H2,19,21). The molecule has 0 saturated heterocycles. The molecule has 0 bridgehead atoms. The SMILES string of the molecule is Cc1nc(SCc2ccccc2C#N)c(C(N)=O)c(C)c1C. The third kappa shape index (κ3) is 3.12. The molecule has 0 aliphatic rings. The highest BCUT2D eigenvalue weighted by atomic mass is 32.2. The smallest absolute Gasteiger partial charge is 0.251 e. The number of pyridine rings is 1. The molecule has 0 saturated carbocycles. The summed E-state index contributed by atoms with van der Waals surface area (Å²) in [5.74, 6) is 0.100. The average Bonchev–Trinajstić information content (AvgIpc) is 2.50. The highest BCUT2D eigenvalue weighted by Gasteiger charge is 2.17. The minimum atomic E-state index is -0.468. The monoisotopic (exact) mass is 311 g/mol. The predicted octanol–water partition coefficient (Wildman–Crippen LogP) is 3.27. The van der Waals surface area contributed by atoms with Crippen LogP contribution < -0.4 is 5.73 Å². The lowest BCUT2D eigenvalue weighted by Gasteiger charge is -2.13. The van der Waals surface area contributed by atoms with Crippen molar-refractivity contribution in [2.24, 2.45) is 5.73 Å². The van der Waals surface area contributed by atoms with Crippen LogP contribution in [0, 0.1) is 32.1 Å². The molecule has 2 N–H and O–H groups in total. The second kappa shape index (κ2) is 6.63. The van der Waals surface area contributed by atoms with E-state index in [1.165, 1.54) is 11.8 Å². The van der Waals surface area contributed by atoms with Crippen molar-refractivity contribution in [3.63, 3.8) is 0 Å². The van der Waals surface area contributed by atoms with Crippen LogP contribution in [-0.2, 0) is 5.75 Å². The fraction of sp³-hybridized carbons (Fsp3) is 0.235. The lowest BCUT2D eigenvalue weighted by Crippen LogP contribution is -2.16. The van der Waals surface area contributed by atoms with Crippen LogP contribution in [0.5, 0.6) is 0 Å².